The van der Waals surface area contributed by atoms with Gasteiger partial charge >= 0.3 is 0 Å². The quantitative estimate of drug-likeness (QED) is 0.408. The molecule has 0 spiro atoms. The van der Waals surface area contributed by atoms with Crippen LogP contribution < -0.4 is 4.90 Å². The SMILES string of the molecule is CN(C)c1ccc(C(n2nnc3ccccc32)C(O)(c2ccccc2)c2ccccc2)cc1. The molecular formula is C28H26N4O. The lowest BCUT2D eigenvalue weighted by molar-refractivity contribution is 0.0346. The van der Waals surface area contributed by atoms with Crippen molar-refractivity contribution < 1.29 is 5.11 Å². The minimum Gasteiger partial charge on any atom is -0.378 e. The van der Waals surface area contributed by atoms with E-state index in [0.717, 1.165) is 33.4 Å². The van der Waals surface area contributed by atoms with Gasteiger partial charge in [-0.15, -0.1) is 5.10 Å². The fourth-order valence-corrected chi connectivity index (χ4v) is 4.46. The Labute approximate surface area is 193 Å². The molecule has 33 heavy (non-hydrogen) atoms. The van der Waals surface area contributed by atoms with Crippen LogP contribution in [0.1, 0.15) is 22.7 Å². The molecule has 0 aliphatic heterocycles. The average Bonchev–Trinajstić information content (AvgIpc) is 3.29. The number of para-hydroxylation sites is 1. The number of hydrogen-bond donors (Lipinski definition) is 1. The highest BCUT2D eigenvalue weighted by Gasteiger charge is 2.43. The molecule has 1 unspecified atom stereocenters. The molecule has 0 aliphatic carbocycles. The molecule has 0 radical (unpaired) electrons. The molecule has 5 rings (SSSR count). The first-order chi connectivity index (χ1) is 16.1. The summed E-state index contributed by atoms with van der Waals surface area (Å²) in [6.45, 7) is 0. The van der Waals surface area contributed by atoms with Gasteiger partial charge in [-0.25, -0.2) is 4.68 Å². The van der Waals surface area contributed by atoms with Gasteiger partial charge in [-0.05, 0) is 41.0 Å². The van der Waals surface area contributed by atoms with Crippen molar-refractivity contribution in [1.82, 2.24) is 15.0 Å². The van der Waals surface area contributed by atoms with Crippen molar-refractivity contribution in [2.75, 3.05) is 19.0 Å². The fourth-order valence-electron chi connectivity index (χ4n) is 4.46. The molecule has 5 nitrogen and oxygen atoms in total. The van der Waals surface area contributed by atoms with Gasteiger partial charge in [0, 0.05) is 19.8 Å². The van der Waals surface area contributed by atoms with E-state index in [1.54, 1.807) is 0 Å². The average molecular weight is 435 g/mol. The van der Waals surface area contributed by atoms with E-state index in [0.29, 0.717) is 0 Å². The van der Waals surface area contributed by atoms with Gasteiger partial charge in [0.2, 0.25) is 0 Å². The number of anilines is 1. The Morgan fingerprint density at radius 1 is 0.727 bits per heavy atom. The van der Waals surface area contributed by atoms with E-state index >= 15 is 0 Å². The summed E-state index contributed by atoms with van der Waals surface area (Å²) in [5.74, 6) is 0. The second-order valence-corrected chi connectivity index (χ2v) is 8.41. The lowest BCUT2D eigenvalue weighted by atomic mass is 9.77. The molecule has 5 aromatic rings. The second-order valence-electron chi connectivity index (χ2n) is 8.41. The number of rotatable bonds is 6. The van der Waals surface area contributed by atoms with E-state index in [2.05, 4.69) is 39.5 Å². The Kier molecular flexibility index (Phi) is 5.40. The van der Waals surface area contributed by atoms with Crippen LogP contribution in [0.4, 0.5) is 5.69 Å². The summed E-state index contributed by atoms with van der Waals surface area (Å²) in [5.41, 5.74) is 3.86. The molecular weight excluding hydrogens is 408 g/mol. The number of fused-ring (bicyclic) bond motifs is 1. The van der Waals surface area contributed by atoms with Gasteiger partial charge < -0.3 is 10.0 Å². The van der Waals surface area contributed by atoms with Gasteiger partial charge in [-0.1, -0.05) is 90.1 Å². The van der Waals surface area contributed by atoms with Crippen LogP contribution >= 0.6 is 0 Å². The topological polar surface area (TPSA) is 54.2 Å². The van der Waals surface area contributed by atoms with E-state index in [4.69, 9.17) is 0 Å². The highest BCUT2D eigenvalue weighted by Crippen LogP contribution is 2.44. The van der Waals surface area contributed by atoms with Gasteiger partial charge in [0.1, 0.15) is 17.2 Å². The molecule has 0 saturated carbocycles. The normalized spacial score (nSPS) is 12.6. The third kappa shape index (κ3) is 3.66. The molecule has 4 aromatic carbocycles. The Morgan fingerprint density at radius 2 is 1.27 bits per heavy atom. The highest BCUT2D eigenvalue weighted by atomic mass is 16.3. The molecule has 1 heterocycles. The number of aliphatic hydroxyl groups is 1. The molecule has 0 aliphatic rings. The van der Waals surface area contributed by atoms with Crippen molar-refractivity contribution in [3.63, 3.8) is 0 Å². The van der Waals surface area contributed by atoms with Gasteiger partial charge in [0.05, 0.1) is 5.52 Å². The van der Waals surface area contributed by atoms with Crippen molar-refractivity contribution in [3.05, 3.63) is 126 Å². The van der Waals surface area contributed by atoms with E-state index in [9.17, 15) is 5.11 Å². The third-order valence-corrected chi connectivity index (χ3v) is 6.17. The molecule has 0 saturated heterocycles. The summed E-state index contributed by atoms with van der Waals surface area (Å²) in [6, 6.07) is 35.2. The van der Waals surface area contributed by atoms with Crippen LogP contribution in [0.3, 0.4) is 0 Å². The smallest absolute Gasteiger partial charge is 0.141 e. The fraction of sp³-hybridized carbons (Fsp3) is 0.143. The summed E-state index contributed by atoms with van der Waals surface area (Å²) in [7, 11) is 4.03. The maximum atomic E-state index is 12.7. The molecule has 164 valence electrons. The van der Waals surface area contributed by atoms with E-state index in [1.165, 1.54) is 0 Å². The zero-order valence-corrected chi connectivity index (χ0v) is 18.7. The molecule has 0 amide bonds. The van der Waals surface area contributed by atoms with Crippen LogP contribution in [0.2, 0.25) is 0 Å². The van der Waals surface area contributed by atoms with Crippen molar-refractivity contribution in [2.24, 2.45) is 0 Å². The molecule has 1 aromatic heterocycles. The van der Waals surface area contributed by atoms with E-state index in [-0.39, 0.29) is 0 Å². The van der Waals surface area contributed by atoms with E-state index < -0.39 is 11.6 Å². The number of nitrogens with zero attached hydrogens (tertiary/aromatic N) is 4. The first-order valence-electron chi connectivity index (χ1n) is 11.0. The predicted octanol–water partition coefficient (Wildman–Crippen LogP) is 5.02. The summed E-state index contributed by atoms with van der Waals surface area (Å²) in [4.78, 5) is 2.06. The molecule has 0 fully saturated rings. The first kappa shape index (κ1) is 20.9. The standard InChI is InChI=1S/C28H26N4O/c1-31(2)24-19-17-21(18-20-24)27(32-26-16-10-9-15-25(26)29-30-32)28(33,22-11-5-3-6-12-22)23-13-7-4-8-14-23/h3-20,27,33H,1-2H3. The van der Waals surface area contributed by atoms with Crippen LogP contribution in [-0.4, -0.2) is 34.2 Å². The molecule has 1 atom stereocenters. The summed E-state index contributed by atoms with van der Waals surface area (Å²) >= 11 is 0. The molecule has 1 N–H and O–H groups in total. The van der Waals surface area contributed by atoms with Gasteiger partial charge in [0.15, 0.2) is 0 Å². The van der Waals surface area contributed by atoms with Gasteiger partial charge in [-0.3, -0.25) is 0 Å². The van der Waals surface area contributed by atoms with Crippen LogP contribution in [-0.2, 0) is 5.60 Å². The summed E-state index contributed by atoms with van der Waals surface area (Å²) in [6.07, 6.45) is 0. The van der Waals surface area contributed by atoms with Crippen LogP contribution in [0.25, 0.3) is 11.0 Å². The van der Waals surface area contributed by atoms with Gasteiger partial charge in [-0.2, -0.15) is 0 Å². The zero-order valence-electron chi connectivity index (χ0n) is 18.7. The van der Waals surface area contributed by atoms with Crippen LogP contribution in [0, 0.1) is 0 Å². The predicted molar refractivity (Wildman–Crippen MR) is 132 cm³/mol. The van der Waals surface area contributed by atoms with Crippen LogP contribution in [0.5, 0.6) is 0 Å². The Bertz CT molecular complexity index is 1310. The minimum atomic E-state index is -1.39. The maximum Gasteiger partial charge on any atom is 0.141 e. The maximum absolute atomic E-state index is 12.7. The van der Waals surface area contributed by atoms with Crippen molar-refractivity contribution in [1.29, 1.82) is 0 Å². The van der Waals surface area contributed by atoms with Crippen LogP contribution in [0.15, 0.2) is 109 Å². The Hall–Kier alpha value is -3.96. The largest absolute Gasteiger partial charge is 0.378 e. The first-order valence-corrected chi connectivity index (χ1v) is 11.0. The number of hydrogen-bond acceptors (Lipinski definition) is 4. The number of aromatic nitrogens is 3. The summed E-state index contributed by atoms with van der Waals surface area (Å²) in [5, 5.41) is 21.6. The molecule has 5 heteroatoms. The van der Waals surface area contributed by atoms with Crippen molar-refractivity contribution in [2.45, 2.75) is 11.6 Å². The number of benzene rings is 4. The van der Waals surface area contributed by atoms with Gasteiger partial charge in [0.25, 0.3) is 0 Å². The monoisotopic (exact) mass is 434 g/mol. The Morgan fingerprint density at radius 3 is 1.85 bits per heavy atom. The summed E-state index contributed by atoms with van der Waals surface area (Å²) < 4.78 is 1.85. The highest BCUT2D eigenvalue weighted by molar-refractivity contribution is 5.74. The van der Waals surface area contributed by atoms with E-state index in [1.807, 2.05) is 104 Å². The second kappa shape index (κ2) is 8.52. The minimum absolute atomic E-state index is 0.550. The third-order valence-electron chi connectivity index (χ3n) is 6.17. The lowest BCUT2D eigenvalue weighted by Crippen LogP contribution is -2.39. The van der Waals surface area contributed by atoms with Crippen molar-refractivity contribution >= 4 is 16.7 Å². The Balaban J connectivity index is 1.81. The molecule has 0 bridgehead atoms. The van der Waals surface area contributed by atoms with Crippen molar-refractivity contribution in [3.8, 4) is 0 Å². The zero-order chi connectivity index (χ0) is 22.8. The lowest BCUT2D eigenvalue weighted by Gasteiger charge is -2.38.